The van der Waals surface area contributed by atoms with Crippen molar-refractivity contribution in [3.63, 3.8) is 0 Å². The SMILES string of the molecule is COCCOC(=O)c1ccc(/C=[N+](\O)c2ccccc2)cc1. The molecule has 0 bridgehead atoms. The zero-order chi connectivity index (χ0) is 15.8. The molecule has 5 nitrogen and oxygen atoms in total. The maximum absolute atomic E-state index is 11.7. The quantitative estimate of drug-likeness (QED) is 0.222. The van der Waals surface area contributed by atoms with Gasteiger partial charge in [-0.2, -0.15) is 0 Å². The number of hydrogen-bond donors (Lipinski definition) is 1. The minimum atomic E-state index is -0.396. The van der Waals surface area contributed by atoms with Gasteiger partial charge in [-0.25, -0.2) is 4.79 Å². The third-order valence-electron chi connectivity index (χ3n) is 2.96. The van der Waals surface area contributed by atoms with E-state index in [1.54, 1.807) is 49.7 Å². The van der Waals surface area contributed by atoms with Gasteiger partial charge in [0.2, 0.25) is 6.21 Å². The molecule has 114 valence electrons. The van der Waals surface area contributed by atoms with Gasteiger partial charge in [0.05, 0.1) is 12.2 Å². The number of carbonyl (C=O) groups is 1. The molecule has 2 rings (SSSR count). The highest BCUT2D eigenvalue weighted by Gasteiger charge is 2.09. The van der Waals surface area contributed by atoms with Gasteiger partial charge in [-0.15, -0.1) is 0 Å². The van der Waals surface area contributed by atoms with E-state index in [-0.39, 0.29) is 6.61 Å². The largest absolute Gasteiger partial charge is 0.460 e. The van der Waals surface area contributed by atoms with Crippen molar-refractivity contribution in [2.45, 2.75) is 0 Å². The van der Waals surface area contributed by atoms with Crippen LogP contribution in [0.2, 0.25) is 0 Å². The molecular weight excluding hydrogens is 282 g/mol. The number of para-hydroxylation sites is 1. The molecule has 0 aliphatic carbocycles. The summed E-state index contributed by atoms with van der Waals surface area (Å²) in [5.41, 5.74) is 1.88. The first-order valence-corrected chi connectivity index (χ1v) is 6.85. The lowest BCUT2D eigenvalue weighted by Gasteiger charge is -2.03. The molecule has 2 aromatic carbocycles. The van der Waals surface area contributed by atoms with Gasteiger partial charge in [-0.1, -0.05) is 18.2 Å². The van der Waals surface area contributed by atoms with Crippen molar-refractivity contribution in [2.75, 3.05) is 20.3 Å². The number of ether oxygens (including phenoxy) is 2. The fourth-order valence-electron chi connectivity index (χ4n) is 1.80. The Morgan fingerprint density at radius 1 is 1.09 bits per heavy atom. The van der Waals surface area contributed by atoms with Crippen LogP contribution in [0.4, 0.5) is 5.69 Å². The van der Waals surface area contributed by atoms with Crippen molar-refractivity contribution in [3.8, 4) is 0 Å². The zero-order valence-electron chi connectivity index (χ0n) is 12.3. The second-order valence-electron chi connectivity index (χ2n) is 4.56. The molecule has 0 amide bonds. The van der Waals surface area contributed by atoms with Crippen LogP contribution in [0.1, 0.15) is 15.9 Å². The summed E-state index contributed by atoms with van der Waals surface area (Å²) in [5.74, 6) is -0.396. The Balaban J connectivity index is 2.04. The maximum Gasteiger partial charge on any atom is 0.338 e. The van der Waals surface area contributed by atoms with Gasteiger partial charge in [0, 0.05) is 29.5 Å². The predicted octanol–water partition coefficient (Wildman–Crippen LogP) is 2.64. The smallest absolute Gasteiger partial charge is 0.338 e. The molecule has 22 heavy (non-hydrogen) atoms. The van der Waals surface area contributed by atoms with Gasteiger partial charge in [-0.3, -0.25) is 5.21 Å². The number of methoxy groups -OCH3 is 1. The monoisotopic (exact) mass is 300 g/mol. The summed E-state index contributed by atoms with van der Waals surface area (Å²) < 4.78 is 10.9. The molecular formula is C17H18NO4+. The lowest BCUT2D eigenvalue weighted by atomic mass is 10.1. The van der Waals surface area contributed by atoms with Crippen LogP contribution in [0.5, 0.6) is 0 Å². The highest BCUT2D eigenvalue weighted by atomic mass is 16.6. The van der Waals surface area contributed by atoms with Gasteiger partial charge >= 0.3 is 5.97 Å². The maximum atomic E-state index is 11.7. The highest BCUT2D eigenvalue weighted by molar-refractivity contribution is 5.90. The van der Waals surface area contributed by atoms with Crippen LogP contribution in [-0.4, -0.2) is 42.5 Å². The van der Waals surface area contributed by atoms with E-state index >= 15 is 0 Å². The Kier molecular flexibility index (Phi) is 5.68. The molecule has 0 saturated carbocycles. The van der Waals surface area contributed by atoms with E-state index in [2.05, 4.69) is 0 Å². The van der Waals surface area contributed by atoms with Crippen molar-refractivity contribution < 1.29 is 24.2 Å². The number of esters is 1. The topological polar surface area (TPSA) is 58.8 Å². The summed E-state index contributed by atoms with van der Waals surface area (Å²) in [6, 6.07) is 15.9. The lowest BCUT2D eigenvalue weighted by molar-refractivity contribution is -0.709. The summed E-state index contributed by atoms with van der Waals surface area (Å²) in [5, 5.41) is 9.97. The molecule has 0 radical (unpaired) electrons. The van der Waals surface area contributed by atoms with Crippen LogP contribution in [-0.2, 0) is 9.47 Å². The van der Waals surface area contributed by atoms with E-state index in [0.29, 0.717) is 17.9 Å². The molecule has 0 atom stereocenters. The van der Waals surface area contributed by atoms with Gasteiger partial charge < -0.3 is 9.47 Å². The standard InChI is InChI=1S/C17H18NO4/c1-21-11-12-22-17(19)15-9-7-14(8-10-15)13-18(20)16-5-3-2-4-6-16/h2-10,13,20H,11-12H2,1H3/q+1/b18-13-. The first-order chi connectivity index (χ1) is 10.7. The average molecular weight is 300 g/mol. The fraction of sp³-hybridized carbons (Fsp3) is 0.176. The summed E-state index contributed by atoms with van der Waals surface area (Å²) >= 11 is 0. The number of rotatable bonds is 6. The first kappa shape index (κ1) is 15.7. The molecule has 2 aromatic rings. The van der Waals surface area contributed by atoms with E-state index in [1.165, 1.54) is 0 Å². The zero-order valence-corrected chi connectivity index (χ0v) is 12.3. The highest BCUT2D eigenvalue weighted by Crippen LogP contribution is 2.09. The van der Waals surface area contributed by atoms with Crippen LogP contribution < -0.4 is 0 Å². The van der Waals surface area contributed by atoms with Crippen molar-refractivity contribution in [1.29, 1.82) is 0 Å². The third kappa shape index (κ3) is 4.43. The minimum absolute atomic E-state index is 0.224. The molecule has 0 heterocycles. The van der Waals surface area contributed by atoms with E-state index in [9.17, 15) is 10.0 Å². The van der Waals surface area contributed by atoms with E-state index < -0.39 is 5.97 Å². The molecule has 1 N–H and O–H groups in total. The van der Waals surface area contributed by atoms with Crippen LogP contribution >= 0.6 is 0 Å². The number of carbonyl (C=O) groups excluding carboxylic acids is 1. The van der Waals surface area contributed by atoms with Crippen LogP contribution in [0, 0.1) is 0 Å². The number of nitrogens with zero attached hydrogens (tertiary/aromatic N) is 1. The van der Waals surface area contributed by atoms with E-state index in [4.69, 9.17) is 9.47 Å². The molecule has 0 fully saturated rings. The normalized spacial score (nSPS) is 11.2. The van der Waals surface area contributed by atoms with Gasteiger partial charge in [0.1, 0.15) is 6.61 Å². The molecule has 0 aromatic heterocycles. The molecule has 5 heteroatoms. The third-order valence-corrected chi connectivity index (χ3v) is 2.96. The summed E-state index contributed by atoms with van der Waals surface area (Å²) in [4.78, 5) is 11.7. The summed E-state index contributed by atoms with van der Waals surface area (Å²) in [6.07, 6.45) is 1.56. The first-order valence-electron chi connectivity index (χ1n) is 6.85. The fourth-order valence-corrected chi connectivity index (χ4v) is 1.80. The van der Waals surface area contributed by atoms with Gasteiger partial charge in [0.15, 0.2) is 0 Å². The average Bonchev–Trinajstić information content (AvgIpc) is 2.56. The van der Waals surface area contributed by atoms with E-state index in [0.717, 1.165) is 10.3 Å². The second kappa shape index (κ2) is 7.95. The Bertz CT molecular complexity index is 635. The van der Waals surface area contributed by atoms with Crippen molar-refractivity contribution >= 4 is 17.9 Å². The summed E-state index contributed by atoms with van der Waals surface area (Å²) in [6.45, 7) is 0.593. The lowest BCUT2D eigenvalue weighted by Crippen LogP contribution is -2.10. The van der Waals surface area contributed by atoms with Crippen LogP contribution in [0.3, 0.4) is 0 Å². The Hall–Kier alpha value is -2.66. The molecule has 0 unspecified atom stereocenters. The number of hydrogen-bond acceptors (Lipinski definition) is 4. The summed E-state index contributed by atoms with van der Waals surface area (Å²) in [7, 11) is 1.55. The minimum Gasteiger partial charge on any atom is -0.460 e. The van der Waals surface area contributed by atoms with Crippen LogP contribution in [0.25, 0.3) is 0 Å². The van der Waals surface area contributed by atoms with Crippen molar-refractivity contribution in [1.82, 2.24) is 0 Å². The van der Waals surface area contributed by atoms with Gasteiger partial charge in [-0.05, 0) is 24.3 Å². The molecule has 0 saturated heterocycles. The van der Waals surface area contributed by atoms with E-state index in [1.807, 2.05) is 18.2 Å². The Morgan fingerprint density at radius 2 is 1.77 bits per heavy atom. The molecule has 0 aliphatic rings. The Labute approximate surface area is 129 Å². The second-order valence-corrected chi connectivity index (χ2v) is 4.56. The van der Waals surface area contributed by atoms with Gasteiger partial charge in [0.25, 0.3) is 5.69 Å². The number of benzene rings is 2. The predicted molar refractivity (Wildman–Crippen MR) is 81.9 cm³/mol. The Morgan fingerprint density at radius 3 is 2.41 bits per heavy atom. The molecule has 0 spiro atoms. The van der Waals surface area contributed by atoms with Crippen LogP contribution in [0.15, 0.2) is 54.6 Å². The van der Waals surface area contributed by atoms with Crippen molar-refractivity contribution in [2.24, 2.45) is 0 Å². The van der Waals surface area contributed by atoms with Crippen molar-refractivity contribution in [3.05, 3.63) is 65.7 Å². The molecule has 0 aliphatic heterocycles.